The minimum atomic E-state index is -1.28. The molecule has 4 heteroatoms. The Balaban J connectivity index is 0.00000240. The van der Waals surface area contributed by atoms with Crippen molar-refractivity contribution in [2.45, 2.75) is 0 Å². The molecule has 0 saturated carbocycles. The zero-order chi connectivity index (χ0) is 19.2. The van der Waals surface area contributed by atoms with Gasteiger partial charge in [0, 0.05) is 19.5 Å². The van der Waals surface area contributed by atoms with Gasteiger partial charge < -0.3 is 10.1 Å². The molecule has 0 atom stereocenters. The number of hydrogen-bond donors (Lipinski definition) is 0. The molecule has 4 aromatic rings. The van der Waals surface area contributed by atoms with Crippen LogP contribution < -0.4 is 15.9 Å². The van der Waals surface area contributed by atoms with Crippen molar-refractivity contribution in [1.29, 1.82) is 0 Å². The van der Waals surface area contributed by atoms with Gasteiger partial charge in [0.05, 0.1) is 19.1 Å². The maximum atomic E-state index is 12.7. The van der Waals surface area contributed by atoms with Gasteiger partial charge in [-0.1, -0.05) is 90.6 Å². The Labute approximate surface area is 185 Å². The molecule has 0 spiro atoms. The Morgan fingerprint density at radius 3 is 1.59 bits per heavy atom. The minimum absolute atomic E-state index is 0. The molecule has 0 saturated heterocycles. The SMILES string of the molecule is O=C([N-]c1ccccc1[PH+](c1ccccc1)c1ccccc1)c1ccccc1.[Zn]. The molecule has 138 valence electrons. The monoisotopic (exact) mass is 445 g/mol. The fourth-order valence-electron chi connectivity index (χ4n) is 3.22. The second kappa shape index (κ2) is 10.3. The number of para-hydroxylation sites is 1. The van der Waals surface area contributed by atoms with Crippen molar-refractivity contribution >= 4 is 35.4 Å². The van der Waals surface area contributed by atoms with Crippen LogP contribution in [0.4, 0.5) is 5.69 Å². The normalized spacial score (nSPS) is 10.2. The first-order valence-corrected chi connectivity index (χ1v) is 10.7. The topological polar surface area (TPSA) is 31.2 Å². The third-order valence-electron chi connectivity index (χ3n) is 4.54. The average Bonchev–Trinajstić information content (AvgIpc) is 2.77. The largest absolute Gasteiger partial charge is 0.619 e. The number of carbonyl (C=O) groups is 1. The maximum Gasteiger partial charge on any atom is 0.102 e. The van der Waals surface area contributed by atoms with Crippen LogP contribution in [0.5, 0.6) is 0 Å². The summed E-state index contributed by atoms with van der Waals surface area (Å²) in [6.07, 6.45) is 0. The Bertz CT molecular complexity index is 1020. The fourth-order valence-corrected chi connectivity index (χ4v) is 5.89. The van der Waals surface area contributed by atoms with Gasteiger partial charge in [-0.3, -0.25) is 0 Å². The molecule has 0 aromatic heterocycles. The first-order valence-electron chi connectivity index (χ1n) is 9.21. The van der Waals surface area contributed by atoms with Crippen molar-refractivity contribution in [3.05, 3.63) is 126 Å². The summed E-state index contributed by atoms with van der Waals surface area (Å²) < 4.78 is 0. The van der Waals surface area contributed by atoms with Crippen molar-refractivity contribution in [1.82, 2.24) is 0 Å². The Kier molecular flexibility index (Phi) is 7.47. The second-order valence-corrected chi connectivity index (χ2v) is 8.85. The molecule has 4 rings (SSSR count). The maximum absolute atomic E-state index is 12.7. The van der Waals surface area contributed by atoms with Gasteiger partial charge in [0.1, 0.15) is 10.6 Å². The number of hydrogen-bond acceptors (Lipinski definition) is 1. The van der Waals surface area contributed by atoms with Crippen LogP contribution in [0.15, 0.2) is 115 Å². The second-order valence-electron chi connectivity index (χ2n) is 6.41. The first kappa shape index (κ1) is 21.1. The van der Waals surface area contributed by atoms with Gasteiger partial charge in [-0.25, -0.2) is 0 Å². The molecule has 0 fully saturated rings. The van der Waals surface area contributed by atoms with Crippen LogP contribution in [0.25, 0.3) is 5.32 Å². The number of nitrogens with zero attached hydrogens (tertiary/aromatic N) is 1. The van der Waals surface area contributed by atoms with E-state index in [1.807, 2.05) is 48.5 Å². The van der Waals surface area contributed by atoms with Gasteiger partial charge >= 0.3 is 0 Å². The fraction of sp³-hybridized carbons (Fsp3) is 0. The molecule has 0 aliphatic heterocycles. The predicted molar refractivity (Wildman–Crippen MR) is 120 cm³/mol. The van der Waals surface area contributed by atoms with E-state index in [2.05, 4.69) is 59.9 Å². The van der Waals surface area contributed by atoms with Gasteiger partial charge in [-0.2, -0.15) is 0 Å². The number of benzene rings is 4. The summed E-state index contributed by atoms with van der Waals surface area (Å²) in [5, 5.41) is 8.15. The molecule has 0 bridgehead atoms. The summed E-state index contributed by atoms with van der Waals surface area (Å²) in [7, 11) is -1.28. The molecule has 4 aromatic carbocycles. The molecule has 0 radical (unpaired) electrons. The summed E-state index contributed by atoms with van der Waals surface area (Å²) in [5.41, 5.74) is 1.35. The van der Waals surface area contributed by atoms with E-state index in [1.54, 1.807) is 12.1 Å². The number of rotatable bonds is 5. The number of carbonyl (C=O) groups excluding carboxylic acids is 1. The van der Waals surface area contributed by atoms with Crippen LogP contribution in [-0.2, 0) is 19.5 Å². The zero-order valence-corrected chi connectivity index (χ0v) is 20.0. The molecule has 0 N–H and O–H groups in total. The van der Waals surface area contributed by atoms with E-state index >= 15 is 0 Å². The molecule has 0 aliphatic carbocycles. The Morgan fingerprint density at radius 2 is 1.03 bits per heavy atom. The van der Waals surface area contributed by atoms with E-state index in [4.69, 9.17) is 0 Å². The summed E-state index contributed by atoms with van der Waals surface area (Å²) in [5.74, 6) is -0.212. The smallest absolute Gasteiger partial charge is 0.102 e. The minimum Gasteiger partial charge on any atom is -0.619 e. The quantitative estimate of drug-likeness (QED) is 0.313. The summed E-state index contributed by atoms with van der Waals surface area (Å²) in [4.78, 5) is 12.7. The van der Waals surface area contributed by atoms with Crippen molar-refractivity contribution in [3.8, 4) is 0 Å². The molecule has 1 amide bonds. The van der Waals surface area contributed by atoms with Crippen molar-refractivity contribution in [2.24, 2.45) is 0 Å². The molecule has 0 aliphatic rings. The van der Waals surface area contributed by atoms with Gasteiger partial charge in [0.2, 0.25) is 0 Å². The molecule has 0 heterocycles. The van der Waals surface area contributed by atoms with Crippen LogP contribution in [-0.4, -0.2) is 5.91 Å². The van der Waals surface area contributed by atoms with E-state index in [1.165, 1.54) is 10.6 Å². The summed E-state index contributed by atoms with van der Waals surface area (Å²) >= 11 is 0. The van der Waals surface area contributed by atoms with Crippen molar-refractivity contribution in [3.63, 3.8) is 0 Å². The van der Waals surface area contributed by atoms with Crippen molar-refractivity contribution < 1.29 is 24.3 Å². The van der Waals surface area contributed by atoms with Crippen LogP contribution >= 0.6 is 7.92 Å². The standard InChI is InChI=1S/C25H20NOP.Zn/c27-25(20-12-4-1-5-13-20)26-23-18-10-11-19-24(23)28(21-14-6-2-7-15-21)22-16-8-3-9-17-22;/h1-19H,(H,26,27);. The van der Waals surface area contributed by atoms with Crippen LogP contribution in [0.1, 0.15) is 10.4 Å². The van der Waals surface area contributed by atoms with Gasteiger partial charge in [0.25, 0.3) is 0 Å². The third-order valence-corrected chi connectivity index (χ3v) is 7.32. The van der Waals surface area contributed by atoms with Gasteiger partial charge in [-0.05, 0) is 35.9 Å². The van der Waals surface area contributed by atoms with Gasteiger partial charge in [-0.15, -0.1) is 0 Å². The summed E-state index contributed by atoms with van der Waals surface area (Å²) in [6, 6.07) is 38.2. The number of amides is 1. The first-order chi connectivity index (χ1) is 13.8. The molecule has 0 unspecified atom stereocenters. The zero-order valence-electron chi connectivity index (χ0n) is 16.0. The Hall–Kier alpha value is -2.60. The van der Waals surface area contributed by atoms with E-state index in [9.17, 15) is 4.79 Å². The van der Waals surface area contributed by atoms with Crippen LogP contribution in [0, 0.1) is 0 Å². The third kappa shape index (κ3) is 5.07. The van der Waals surface area contributed by atoms with Gasteiger partial charge in [0.15, 0.2) is 0 Å². The average molecular weight is 447 g/mol. The van der Waals surface area contributed by atoms with E-state index in [0.717, 1.165) is 11.0 Å². The molecular weight excluding hydrogens is 427 g/mol. The molecule has 29 heavy (non-hydrogen) atoms. The van der Waals surface area contributed by atoms with Crippen LogP contribution in [0.3, 0.4) is 0 Å². The predicted octanol–water partition coefficient (Wildman–Crippen LogP) is 5.02. The van der Waals surface area contributed by atoms with E-state index in [0.29, 0.717) is 5.56 Å². The van der Waals surface area contributed by atoms with Crippen LogP contribution in [0.2, 0.25) is 0 Å². The molecule has 2 nitrogen and oxygen atoms in total. The summed E-state index contributed by atoms with van der Waals surface area (Å²) in [6.45, 7) is 0. The van der Waals surface area contributed by atoms with E-state index < -0.39 is 7.92 Å². The molecular formula is C25H20NOPZn. The van der Waals surface area contributed by atoms with E-state index in [-0.39, 0.29) is 25.4 Å². The Morgan fingerprint density at radius 1 is 0.586 bits per heavy atom. The van der Waals surface area contributed by atoms with Crippen molar-refractivity contribution in [2.75, 3.05) is 0 Å².